The minimum Gasteiger partial charge on any atom is -0.450 e. The van der Waals surface area contributed by atoms with Gasteiger partial charge in [-0.15, -0.1) is 5.06 Å². The highest BCUT2D eigenvalue weighted by Gasteiger charge is 2.49. The Morgan fingerprint density at radius 2 is 1.31 bits per heavy atom. The van der Waals surface area contributed by atoms with Crippen molar-refractivity contribution in [3.05, 3.63) is 0 Å². The zero-order valence-electron chi connectivity index (χ0n) is 27.7. The fraction of sp³-hybridized carbons (Fsp3) is 0.862. The highest BCUT2D eigenvalue weighted by molar-refractivity contribution is 6.01. The Morgan fingerprint density at radius 1 is 0.731 bits per heavy atom. The summed E-state index contributed by atoms with van der Waals surface area (Å²) in [6.07, 6.45) is -23.0. The molecular weight excluding hydrogens is 712 g/mol. The van der Waals surface area contributed by atoms with Gasteiger partial charge in [-0.3, -0.25) is 9.59 Å². The van der Waals surface area contributed by atoms with Crippen LogP contribution in [-0.2, 0) is 52.4 Å². The largest absolute Gasteiger partial charge is 0.450 e. The molecule has 0 bridgehead atoms. The molecule has 0 spiro atoms. The van der Waals surface area contributed by atoms with E-state index in [4.69, 9.17) is 38.0 Å². The van der Waals surface area contributed by atoms with Crippen molar-refractivity contribution in [3.63, 3.8) is 0 Å². The molecule has 0 saturated carbocycles. The lowest BCUT2D eigenvalue weighted by Gasteiger charge is -2.44. The lowest BCUT2D eigenvalue weighted by Crippen LogP contribution is -2.62. The molecule has 14 atom stereocenters. The number of nitrogens with zero attached hydrogens (tertiary/aromatic N) is 1. The Balaban J connectivity index is 1.27. The van der Waals surface area contributed by atoms with Crippen molar-refractivity contribution in [2.24, 2.45) is 0 Å². The van der Waals surface area contributed by atoms with Crippen LogP contribution in [0.25, 0.3) is 0 Å². The lowest BCUT2D eigenvalue weighted by atomic mass is 9.98. The van der Waals surface area contributed by atoms with Crippen molar-refractivity contribution in [2.45, 2.75) is 118 Å². The van der Waals surface area contributed by atoms with E-state index in [0.717, 1.165) is 0 Å². The average molecular weight is 759 g/mol. The third-order valence-electron chi connectivity index (χ3n) is 8.54. The molecular formula is C29H46N2O21. The van der Waals surface area contributed by atoms with E-state index in [1.165, 1.54) is 0 Å². The number of hydrogen-bond donors (Lipinski definition) is 10. The van der Waals surface area contributed by atoms with Gasteiger partial charge in [0.1, 0.15) is 54.9 Å². The summed E-state index contributed by atoms with van der Waals surface area (Å²) in [7, 11) is 0. The van der Waals surface area contributed by atoms with E-state index >= 15 is 0 Å². The highest BCUT2D eigenvalue weighted by atomic mass is 16.7. The van der Waals surface area contributed by atoms with E-state index in [2.05, 4.69) is 5.32 Å². The predicted octanol–water partition coefficient (Wildman–Crippen LogP) is -6.41. The van der Waals surface area contributed by atoms with E-state index in [1.807, 2.05) is 0 Å². The Hall–Kier alpha value is -2.72. The van der Waals surface area contributed by atoms with Gasteiger partial charge in [-0.1, -0.05) is 0 Å². The summed E-state index contributed by atoms with van der Waals surface area (Å²) in [4.78, 5) is 51.7. The van der Waals surface area contributed by atoms with Crippen LogP contribution >= 0.6 is 0 Å². The van der Waals surface area contributed by atoms with Crippen LogP contribution in [0.4, 0.5) is 4.79 Å². The number of rotatable bonds is 16. The number of aliphatic hydroxyl groups is 9. The second-order valence-electron chi connectivity index (χ2n) is 12.3. The molecule has 23 nitrogen and oxygen atoms in total. The van der Waals surface area contributed by atoms with Gasteiger partial charge in [0.05, 0.1) is 51.7 Å². The van der Waals surface area contributed by atoms with Gasteiger partial charge < -0.3 is 89.3 Å². The topological polar surface area (TPSA) is 339 Å². The summed E-state index contributed by atoms with van der Waals surface area (Å²) < 4.78 is 38.4. The van der Waals surface area contributed by atoms with E-state index in [1.54, 1.807) is 0 Å². The van der Waals surface area contributed by atoms with Gasteiger partial charge in [0.15, 0.2) is 18.9 Å². The van der Waals surface area contributed by atoms with Crippen LogP contribution in [0.2, 0.25) is 0 Å². The van der Waals surface area contributed by atoms with Gasteiger partial charge in [-0.2, -0.15) is 0 Å². The SMILES string of the molecule is O=C(CCCOC(=O)NCCOC1OC(CO[C@H]2OC(CO)[C@@H](O)C(O)C2O)CC(O[C@H]2OC(CO)[C@@H](O)C(O)C2O)C1O)ON1C(=O)CCC1=O. The maximum atomic E-state index is 12.1. The van der Waals surface area contributed by atoms with Crippen LogP contribution in [0.5, 0.6) is 0 Å². The van der Waals surface area contributed by atoms with Crippen molar-refractivity contribution in [1.29, 1.82) is 0 Å². The molecule has 0 aromatic rings. The van der Waals surface area contributed by atoms with Gasteiger partial charge in [0.2, 0.25) is 0 Å². The molecule has 0 aromatic carbocycles. The molecule has 4 heterocycles. The smallest absolute Gasteiger partial charge is 0.407 e. The number of hydrogen-bond acceptors (Lipinski definition) is 21. The summed E-state index contributed by atoms with van der Waals surface area (Å²) in [6.45, 7) is -2.55. The van der Waals surface area contributed by atoms with Crippen LogP contribution in [0, 0.1) is 0 Å². The minimum absolute atomic E-state index is 0.0174. The summed E-state index contributed by atoms with van der Waals surface area (Å²) in [5.41, 5.74) is 0. The monoisotopic (exact) mass is 758 g/mol. The number of amides is 3. The molecule has 23 heteroatoms. The highest BCUT2D eigenvalue weighted by Crippen LogP contribution is 2.30. The van der Waals surface area contributed by atoms with Gasteiger partial charge in [0.25, 0.3) is 11.8 Å². The molecule has 0 aliphatic carbocycles. The molecule has 4 rings (SSSR count). The lowest BCUT2D eigenvalue weighted by molar-refractivity contribution is -0.348. The third-order valence-corrected chi connectivity index (χ3v) is 8.54. The van der Waals surface area contributed by atoms with Gasteiger partial charge >= 0.3 is 12.1 Å². The van der Waals surface area contributed by atoms with Crippen molar-refractivity contribution in [2.75, 3.05) is 39.6 Å². The molecule has 52 heavy (non-hydrogen) atoms. The van der Waals surface area contributed by atoms with E-state index in [9.17, 15) is 65.1 Å². The number of carbonyl (C=O) groups excluding carboxylic acids is 4. The molecule has 10 N–H and O–H groups in total. The fourth-order valence-electron chi connectivity index (χ4n) is 5.61. The number of alkyl carbamates (subject to hydrolysis) is 1. The minimum atomic E-state index is -1.81. The second-order valence-corrected chi connectivity index (χ2v) is 12.3. The summed E-state index contributed by atoms with van der Waals surface area (Å²) in [6, 6.07) is 0. The summed E-state index contributed by atoms with van der Waals surface area (Å²) in [5, 5.41) is 93.9. The van der Waals surface area contributed by atoms with E-state index in [-0.39, 0.29) is 51.9 Å². The Kier molecular flexibility index (Phi) is 15.8. The third kappa shape index (κ3) is 10.7. The van der Waals surface area contributed by atoms with Crippen molar-refractivity contribution in [3.8, 4) is 0 Å². The van der Waals surface area contributed by atoms with Crippen LogP contribution < -0.4 is 5.32 Å². The van der Waals surface area contributed by atoms with Crippen LogP contribution in [0.3, 0.4) is 0 Å². The first-order chi connectivity index (χ1) is 24.7. The van der Waals surface area contributed by atoms with Crippen molar-refractivity contribution >= 4 is 23.9 Å². The van der Waals surface area contributed by atoms with Crippen LogP contribution in [-0.4, -0.2) is 200 Å². The predicted molar refractivity (Wildman–Crippen MR) is 159 cm³/mol. The maximum Gasteiger partial charge on any atom is 0.407 e. The number of nitrogens with one attached hydrogen (secondary N) is 1. The first-order valence-corrected chi connectivity index (χ1v) is 16.6. The molecule has 0 radical (unpaired) electrons. The molecule has 4 aliphatic heterocycles. The summed E-state index contributed by atoms with van der Waals surface area (Å²) in [5.74, 6) is -2.12. The molecule has 10 unspecified atom stereocenters. The number of carbonyl (C=O) groups is 4. The number of aliphatic hydroxyl groups excluding tert-OH is 9. The van der Waals surface area contributed by atoms with Gasteiger partial charge in [-0.25, -0.2) is 9.59 Å². The van der Waals surface area contributed by atoms with Crippen LogP contribution in [0.15, 0.2) is 0 Å². The first-order valence-electron chi connectivity index (χ1n) is 16.6. The first kappa shape index (κ1) is 42.0. The molecule has 4 saturated heterocycles. The van der Waals surface area contributed by atoms with E-state index in [0.29, 0.717) is 5.06 Å². The normalized spacial score (nSPS) is 38.3. The molecule has 298 valence electrons. The Morgan fingerprint density at radius 3 is 1.92 bits per heavy atom. The molecule has 3 amide bonds. The number of ether oxygens (including phenoxy) is 7. The zero-order chi connectivity index (χ0) is 38.1. The summed E-state index contributed by atoms with van der Waals surface area (Å²) >= 11 is 0. The molecule has 0 aromatic heterocycles. The Bertz CT molecular complexity index is 1180. The van der Waals surface area contributed by atoms with Crippen LogP contribution in [0.1, 0.15) is 32.1 Å². The van der Waals surface area contributed by atoms with Crippen molar-refractivity contribution < 1.29 is 103 Å². The zero-order valence-corrected chi connectivity index (χ0v) is 27.7. The number of imide groups is 1. The molecule has 4 aliphatic rings. The van der Waals surface area contributed by atoms with Crippen molar-refractivity contribution in [1.82, 2.24) is 10.4 Å². The molecule has 4 fully saturated rings. The van der Waals surface area contributed by atoms with E-state index < -0.39 is 130 Å². The second kappa shape index (κ2) is 19.6. The standard InChI is InChI=1S/C29H46N2O21/c32-9-14-19(37)22(40)24(42)27(50-14)47-11-12-8-13(49-28-25(43)23(41)20(38)15(10-33)51-28)21(39)26(48-12)45-7-5-30-29(44)46-6-1-2-18(36)52-31-16(34)3-4-17(31)35/h12-15,19-28,32-33,37-43H,1-11H2,(H,30,44)/t12?,13?,14?,15?,19-,20-,21?,22?,23?,24?,25?,26?,27+,28+/m1/s1. The maximum absolute atomic E-state index is 12.1. The average Bonchev–Trinajstić information content (AvgIpc) is 3.44. The quantitative estimate of drug-likeness (QED) is 0.0517. The Labute approximate surface area is 295 Å². The fourth-order valence-corrected chi connectivity index (χ4v) is 5.61. The van der Waals surface area contributed by atoms with Gasteiger partial charge in [-0.05, 0) is 6.42 Å². The number of hydroxylamine groups is 2. The van der Waals surface area contributed by atoms with Gasteiger partial charge in [0, 0.05) is 25.8 Å².